The Morgan fingerprint density at radius 2 is 2.10 bits per heavy atom. The first-order valence-electron chi connectivity index (χ1n) is 6.24. The third-order valence-corrected chi connectivity index (χ3v) is 3.52. The molecule has 0 radical (unpaired) electrons. The Balaban J connectivity index is 2.77. The van der Waals surface area contributed by atoms with Gasteiger partial charge in [0, 0.05) is 25.8 Å². The van der Waals surface area contributed by atoms with Crippen molar-refractivity contribution in [2.24, 2.45) is 5.73 Å². The number of rotatable bonds is 9. The summed E-state index contributed by atoms with van der Waals surface area (Å²) in [6.45, 7) is 3.17. The molecule has 0 aliphatic rings. The van der Waals surface area contributed by atoms with E-state index in [0.717, 1.165) is 5.56 Å². The number of methoxy groups -OCH3 is 1. The second kappa shape index (κ2) is 8.05. The summed E-state index contributed by atoms with van der Waals surface area (Å²) in [4.78, 5) is 0. The molecule has 0 bridgehead atoms. The molecule has 0 spiro atoms. The predicted octanol–water partition coefficient (Wildman–Crippen LogP) is 0.437. The van der Waals surface area contributed by atoms with Gasteiger partial charge in [0.1, 0.15) is 5.75 Å². The summed E-state index contributed by atoms with van der Waals surface area (Å²) in [5, 5.41) is 0. The Labute approximate surface area is 119 Å². The van der Waals surface area contributed by atoms with E-state index < -0.39 is 10.2 Å². The Bertz CT molecular complexity index is 519. The molecule has 0 aromatic heterocycles. The van der Waals surface area contributed by atoms with Gasteiger partial charge in [-0.2, -0.15) is 13.1 Å². The summed E-state index contributed by atoms with van der Waals surface area (Å²) in [5.41, 5.74) is 6.79. The summed E-state index contributed by atoms with van der Waals surface area (Å²) in [6, 6.07) is 4.97. The minimum absolute atomic E-state index is 0.201. The number of benzene rings is 1. The molecule has 0 heterocycles. The fourth-order valence-corrected chi connectivity index (χ4v) is 2.43. The highest BCUT2D eigenvalue weighted by molar-refractivity contribution is 7.90. The summed E-state index contributed by atoms with van der Waals surface area (Å²) < 4.78 is 38.4. The van der Waals surface area contributed by atoms with Crippen LogP contribution < -0.4 is 19.9 Å². The van der Waals surface area contributed by atoms with Gasteiger partial charge in [-0.15, -0.1) is 0 Å². The topological polar surface area (TPSA) is 103 Å². The lowest BCUT2D eigenvalue weighted by atomic mass is 10.2. The average Bonchev–Trinajstić information content (AvgIpc) is 2.40. The molecule has 0 atom stereocenters. The zero-order chi connectivity index (χ0) is 15.0. The Morgan fingerprint density at radius 3 is 2.70 bits per heavy atom. The maximum Gasteiger partial charge on any atom is 0.299 e. The van der Waals surface area contributed by atoms with Gasteiger partial charge in [0.05, 0.1) is 18.9 Å². The number of ether oxygens (including phenoxy) is 2. The van der Waals surface area contributed by atoms with Crippen LogP contribution in [0.1, 0.15) is 12.5 Å². The monoisotopic (exact) mass is 303 g/mol. The van der Waals surface area contributed by atoms with Gasteiger partial charge >= 0.3 is 0 Å². The molecule has 0 saturated heterocycles. The van der Waals surface area contributed by atoms with Crippen molar-refractivity contribution in [3.63, 3.8) is 0 Å². The SMILES string of the molecule is CCOc1ccc(NS(=O)(=O)NCCOC)cc1CN. The Morgan fingerprint density at radius 1 is 1.35 bits per heavy atom. The molecule has 0 fully saturated rings. The molecule has 4 N–H and O–H groups in total. The molecule has 0 unspecified atom stereocenters. The number of anilines is 1. The van der Waals surface area contributed by atoms with E-state index in [-0.39, 0.29) is 13.1 Å². The zero-order valence-corrected chi connectivity index (χ0v) is 12.5. The van der Waals surface area contributed by atoms with E-state index in [4.69, 9.17) is 15.2 Å². The lowest BCUT2D eigenvalue weighted by Gasteiger charge is -2.13. The second-order valence-electron chi connectivity index (χ2n) is 3.95. The quantitative estimate of drug-likeness (QED) is 0.574. The maximum absolute atomic E-state index is 11.7. The second-order valence-corrected chi connectivity index (χ2v) is 5.45. The molecule has 20 heavy (non-hydrogen) atoms. The van der Waals surface area contributed by atoms with Crippen LogP contribution in [0.25, 0.3) is 0 Å². The molecular formula is C12H21N3O4S. The molecule has 0 amide bonds. The summed E-state index contributed by atoms with van der Waals surface area (Å²) in [7, 11) is -2.12. The fourth-order valence-electron chi connectivity index (χ4n) is 1.57. The van der Waals surface area contributed by atoms with Gasteiger partial charge in [-0.1, -0.05) is 0 Å². The molecule has 0 aliphatic carbocycles. The Hall–Kier alpha value is -1.35. The van der Waals surface area contributed by atoms with Gasteiger partial charge in [-0.05, 0) is 25.1 Å². The number of hydrogen-bond acceptors (Lipinski definition) is 5. The van der Waals surface area contributed by atoms with E-state index in [1.165, 1.54) is 7.11 Å². The highest BCUT2D eigenvalue weighted by Crippen LogP contribution is 2.23. The minimum atomic E-state index is -3.62. The molecule has 0 saturated carbocycles. The number of nitrogens with one attached hydrogen (secondary N) is 2. The van der Waals surface area contributed by atoms with Crippen molar-refractivity contribution in [2.45, 2.75) is 13.5 Å². The van der Waals surface area contributed by atoms with Crippen molar-refractivity contribution in [3.8, 4) is 5.75 Å². The lowest BCUT2D eigenvalue weighted by Crippen LogP contribution is -2.32. The first kappa shape index (κ1) is 16.7. The van der Waals surface area contributed by atoms with Crippen molar-refractivity contribution >= 4 is 15.9 Å². The van der Waals surface area contributed by atoms with E-state index in [9.17, 15) is 8.42 Å². The summed E-state index contributed by atoms with van der Waals surface area (Å²) in [5.74, 6) is 0.658. The van der Waals surface area contributed by atoms with E-state index in [0.29, 0.717) is 24.7 Å². The van der Waals surface area contributed by atoms with Crippen LogP contribution in [0.3, 0.4) is 0 Å². The van der Waals surface area contributed by atoms with Crippen LogP contribution in [0.4, 0.5) is 5.69 Å². The third kappa shape index (κ3) is 5.33. The number of hydrogen-bond donors (Lipinski definition) is 3. The van der Waals surface area contributed by atoms with E-state index in [1.807, 2.05) is 6.92 Å². The van der Waals surface area contributed by atoms with Crippen LogP contribution in [0.2, 0.25) is 0 Å². The van der Waals surface area contributed by atoms with Crippen LogP contribution in [-0.2, 0) is 21.5 Å². The van der Waals surface area contributed by atoms with Crippen LogP contribution in [0.5, 0.6) is 5.75 Å². The highest BCUT2D eigenvalue weighted by Gasteiger charge is 2.10. The minimum Gasteiger partial charge on any atom is -0.494 e. The smallest absolute Gasteiger partial charge is 0.299 e. The van der Waals surface area contributed by atoms with Gasteiger partial charge in [0.15, 0.2) is 0 Å². The van der Waals surface area contributed by atoms with Crippen LogP contribution >= 0.6 is 0 Å². The van der Waals surface area contributed by atoms with Gasteiger partial charge in [0.25, 0.3) is 10.2 Å². The van der Waals surface area contributed by atoms with Crippen molar-refractivity contribution in [3.05, 3.63) is 23.8 Å². The van der Waals surface area contributed by atoms with Crippen molar-refractivity contribution in [1.29, 1.82) is 0 Å². The Kier molecular flexibility index (Phi) is 6.73. The summed E-state index contributed by atoms with van der Waals surface area (Å²) >= 11 is 0. The van der Waals surface area contributed by atoms with E-state index in [1.54, 1.807) is 18.2 Å². The zero-order valence-electron chi connectivity index (χ0n) is 11.7. The first-order valence-corrected chi connectivity index (χ1v) is 7.72. The first-order chi connectivity index (χ1) is 9.52. The number of nitrogens with two attached hydrogens (primary N) is 1. The predicted molar refractivity (Wildman–Crippen MR) is 77.9 cm³/mol. The largest absolute Gasteiger partial charge is 0.494 e. The van der Waals surface area contributed by atoms with Crippen LogP contribution in [0.15, 0.2) is 18.2 Å². The molecule has 8 heteroatoms. The van der Waals surface area contributed by atoms with E-state index in [2.05, 4.69) is 9.44 Å². The van der Waals surface area contributed by atoms with Gasteiger partial charge in [-0.3, -0.25) is 4.72 Å². The molecule has 0 aliphatic heterocycles. The van der Waals surface area contributed by atoms with Crippen molar-refractivity contribution in [1.82, 2.24) is 4.72 Å². The molecular weight excluding hydrogens is 282 g/mol. The average molecular weight is 303 g/mol. The standard InChI is InChI=1S/C12H21N3O4S/c1-3-19-12-5-4-11(8-10(12)9-13)15-20(16,17)14-6-7-18-2/h4-5,8,14-15H,3,6-7,9,13H2,1-2H3. The molecule has 1 rings (SSSR count). The molecule has 1 aromatic rings. The van der Waals surface area contributed by atoms with Gasteiger partial charge in [-0.25, -0.2) is 0 Å². The van der Waals surface area contributed by atoms with Crippen LogP contribution in [0, 0.1) is 0 Å². The normalized spacial score (nSPS) is 11.3. The van der Waals surface area contributed by atoms with Crippen LogP contribution in [-0.4, -0.2) is 35.3 Å². The third-order valence-electron chi connectivity index (χ3n) is 2.43. The maximum atomic E-state index is 11.7. The highest BCUT2D eigenvalue weighted by atomic mass is 32.2. The molecule has 1 aromatic carbocycles. The molecule has 114 valence electrons. The van der Waals surface area contributed by atoms with E-state index >= 15 is 0 Å². The fraction of sp³-hybridized carbons (Fsp3) is 0.500. The molecule has 7 nitrogen and oxygen atoms in total. The lowest BCUT2D eigenvalue weighted by molar-refractivity contribution is 0.204. The van der Waals surface area contributed by atoms with Crippen molar-refractivity contribution in [2.75, 3.05) is 31.6 Å². The van der Waals surface area contributed by atoms with Crippen molar-refractivity contribution < 1.29 is 17.9 Å². The van der Waals surface area contributed by atoms with Gasteiger partial charge in [0.2, 0.25) is 0 Å². The van der Waals surface area contributed by atoms with Gasteiger partial charge < -0.3 is 15.2 Å². The summed E-state index contributed by atoms with van der Waals surface area (Å²) in [6.07, 6.45) is 0.